The van der Waals surface area contributed by atoms with E-state index in [0.717, 1.165) is 17.0 Å². The molecule has 2 aromatic rings. The molecule has 2 rings (SSSR count). The molecule has 0 saturated carbocycles. The molecule has 0 unspecified atom stereocenters. The van der Waals surface area contributed by atoms with E-state index >= 15 is 0 Å². The molecule has 98 valence electrons. The van der Waals surface area contributed by atoms with E-state index in [0.29, 0.717) is 12.1 Å². The van der Waals surface area contributed by atoms with Crippen molar-refractivity contribution in [1.29, 1.82) is 5.26 Å². The van der Waals surface area contributed by atoms with Gasteiger partial charge in [0, 0.05) is 17.8 Å². The second-order valence-corrected chi connectivity index (χ2v) is 4.14. The third-order valence-electron chi connectivity index (χ3n) is 2.78. The number of rotatable bonds is 5. The summed E-state index contributed by atoms with van der Waals surface area (Å²) >= 11 is 0. The van der Waals surface area contributed by atoms with Crippen molar-refractivity contribution in [2.75, 3.05) is 11.9 Å². The Kier molecular flexibility index (Phi) is 4.65. The summed E-state index contributed by atoms with van der Waals surface area (Å²) in [5.74, 6) is 3.24. The number of nitrogens with zero attached hydrogens (tertiary/aromatic N) is 1. The third kappa shape index (κ3) is 3.54. The molecule has 0 saturated heterocycles. The van der Waals surface area contributed by atoms with Gasteiger partial charge in [0.2, 0.25) is 0 Å². The van der Waals surface area contributed by atoms with Crippen LogP contribution in [-0.4, -0.2) is 6.61 Å². The van der Waals surface area contributed by atoms with E-state index < -0.39 is 0 Å². The van der Waals surface area contributed by atoms with Crippen LogP contribution < -0.4 is 10.1 Å². The Balaban J connectivity index is 2.03. The second-order valence-electron chi connectivity index (χ2n) is 4.14. The van der Waals surface area contributed by atoms with Gasteiger partial charge in [-0.3, -0.25) is 0 Å². The van der Waals surface area contributed by atoms with E-state index in [1.54, 1.807) is 12.1 Å². The van der Waals surface area contributed by atoms with Crippen LogP contribution in [0.4, 0.5) is 5.69 Å². The Hall–Kier alpha value is -2.91. The molecule has 0 aliphatic heterocycles. The van der Waals surface area contributed by atoms with Gasteiger partial charge < -0.3 is 10.1 Å². The number of terminal acetylenes is 1. The molecule has 1 N–H and O–H groups in total. The lowest BCUT2D eigenvalue weighted by Gasteiger charge is -2.11. The van der Waals surface area contributed by atoms with Crippen molar-refractivity contribution in [2.24, 2.45) is 0 Å². The fourth-order valence-electron chi connectivity index (χ4n) is 1.77. The van der Waals surface area contributed by atoms with Crippen molar-refractivity contribution >= 4 is 5.69 Å². The molecular formula is C17H14N2O. The van der Waals surface area contributed by atoms with Crippen molar-refractivity contribution in [2.45, 2.75) is 6.54 Å². The van der Waals surface area contributed by atoms with E-state index in [1.807, 2.05) is 36.4 Å². The lowest BCUT2D eigenvalue weighted by molar-refractivity contribution is 0.366. The number of ether oxygens (including phenoxy) is 1. The molecule has 2 aromatic carbocycles. The van der Waals surface area contributed by atoms with Gasteiger partial charge in [0.05, 0.1) is 11.6 Å². The van der Waals surface area contributed by atoms with Gasteiger partial charge in [-0.2, -0.15) is 5.26 Å². The number of benzene rings is 2. The summed E-state index contributed by atoms with van der Waals surface area (Å²) in [4.78, 5) is 0. The zero-order valence-corrected chi connectivity index (χ0v) is 11.0. The third-order valence-corrected chi connectivity index (χ3v) is 2.78. The summed E-state index contributed by atoms with van der Waals surface area (Å²) in [7, 11) is 0. The van der Waals surface area contributed by atoms with Gasteiger partial charge in [-0.15, -0.1) is 6.42 Å². The van der Waals surface area contributed by atoms with Crippen LogP contribution in [0.5, 0.6) is 5.75 Å². The predicted molar refractivity (Wildman–Crippen MR) is 79.3 cm³/mol. The number of nitrogens with one attached hydrogen (secondary N) is 1. The normalized spacial score (nSPS) is 9.30. The first-order valence-corrected chi connectivity index (χ1v) is 6.21. The minimum absolute atomic E-state index is 0.258. The lowest BCUT2D eigenvalue weighted by atomic mass is 10.2. The quantitative estimate of drug-likeness (QED) is 0.842. The molecule has 0 bridgehead atoms. The van der Waals surface area contributed by atoms with E-state index in [1.165, 1.54) is 0 Å². The van der Waals surface area contributed by atoms with Crippen molar-refractivity contribution in [3.05, 3.63) is 59.7 Å². The number of para-hydroxylation sites is 1. The number of hydrogen-bond donors (Lipinski definition) is 1. The second kappa shape index (κ2) is 6.87. The Morgan fingerprint density at radius 2 is 1.85 bits per heavy atom. The minimum atomic E-state index is 0.258. The van der Waals surface area contributed by atoms with Crippen molar-refractivity contribution in [3.8, 4) is 24.2 Å². The Morgan fingerprint density at radius 3 is 2.55 bits per heavy atom. The van der Waals surface area contributed by atoms with Gasteiger partial charge in [-0.1, -0.05) is 24.1 Å². The first-order chi connectivity index (χ1) is 9.83. The van der Waals surface area contributed by atoms with Crippen LogP contribution in [0.2, 0.25) is 0 Å². The molecule has 0 aliphatic carbocycles. The van der Waals surface area contributed by atoms with Gasteiger partial charge in [-0.05, 0) is 30.3 Å². The van der Waals surface area contributed by atoms with Crippen molar-refractivity contribution < 1.29 is 4.74 Å². The van der Waals surface area contributed by atoms with Crippen LogP contribution in [0, 0.1) is 23.7 Å². The Morgan fingerprint density at radius 1 is 1.10 bits per heavy atom. The highest BCUT2D eigenvalue weighted by atomic mass is 16.5. The molecule has 0 amide bonds. The Bertz CT molecular complexity index is 648. The molecule has 0 heterocycles. The average Bonchev–Trinajstić information content (AvgIpc) is 2.52. The molecule has 0 atom stereocenters. The summed E-state index contributed by atoms with van der Waals surface area (Å²) in [6.07, 6.45) is 5.20. The van der Waals surface area contributed by atoms with Crippen LogP contribution >= 0.6 is 0 Å². The van der Waals surface area contributed by atoms with E-state index in [2.05, 4.69) is 17.3 Å². The summed E-state index contributed by atoms with van der Waals surface area (Å²) in [5.41, 5.74) is 2.64. The van der Waals surface area contributed by atoms with Crippen LogP contribution in [0.25, 0.3) is 0 Å². The largest absolute Gasteiger partial charge is 0.481 e. The van der Waals surface area contributed by atoms with Crippen LogP contribution in [0.3, 0.4) is 0 Å². The van der Waals surface area contributed by atoms with Crippen LogP contribution in [-0.2, 0) is 6.54 Å². The first kappa shape index (κ1) is 13.5. The number of hydrogen-bond acceptors (Lipinski definition) is 3. The predicted octanol–water partition coefficient (Wildman–Crippen LogP) is 3.18. The topological polar surface area (TPSA) is 45.0 Å². The molecule has 3 heteroatoms. The zero-order valence-electron chi connectivity index (χ0n) is 11.0. The molecule has 20 heavy (non-hydrogen) atoms. The minimum Gasteiger partial charge on any atom is -0.481 e. The fourth-order valence-corrected chi connectivity index (χ4v) is 1.77. The van der Waals surface area contributed by atoms with Gasteiger partial charge in [0.15, 0.2) is 0 Å². The molecule has 0 spiro atoms. The fraction of sp³-hybridized carbons (Fsp3) is 0.118. The Labute approximate surface area is 118 Å². The smallest absolute Gasteiger partial charge is 0.148 e. The molecule has 0 fully saturated rings. The summed E-state index contributed by atoms with van der Waals surface area (Å²) in [6, 6.07) is 17.2. The zero-order chi connectivity index (χ0) is 14.2. The monoisotopic (exact) mass is 262 g/mol. The number of anilines is 1. The molecule has 0 aliphatic rings. The van der Waals surface area contributed by atoms with Crippen LogP contribution in [0.1, 0.15) is 11.1 Å². The summed E-state index contributed by atoms with van der Waals surface area (Å²) in [6.45, 7) is 0.889. The van der Waals surface area contributed by atoms with E-state index in [4.69, 9.17) is 16.4 Å². The summed E-state index contributed by atoms with van der Waals surface area (Å²) < 4.78 is 5.49. The van der Waals surface area contributed by atoms with Crippen LogP contribution in [0.15, 0.2) is 48.5 Å². The SMILES string of the molecule is C#CCOc1ccccc1CNc1ccc(C#N)cc1. The van der Waals surface area contributed by atoms with Gasteiger partial charge >= 0.3 is 0 Å². The van der Waals surface area contributed by atoms with Gasteiger partial charge in [-0.25, -0.2) is 0 Å². The first-order valence-electron chi connectivity index (χ1n) is 6.21. The highest BCUT2D eigenvalue weighted by molar-refractivity contribution is 5.48. The van der Waals surface area contributed by atoms with Gasteiger partial charge in [0.1, 0.15) is 12.4 Å². The van der Waals surface area contributed by atoms with Crippen molar-refractivity contribution in [1.82, 2.24) is 0 Å². The van der Waals surface area contributed by atoms with Crippen molar-refractivity contribution in [3.63, 3.8) is 0 Å². The van der Waals surface area contributed by atoms with Gasteiger partial charge in [0.25, 0.3) is 0 Å². The standard InChI is InChI=1S/C17H14N2O/c1-2-11-20-17-6-4-3-5-15(17)13-19-16-9-7-14(12-18)8-10-16/h1,3-10,19H,11,13H2. The molecule has 0 aromatic heterocycles. The molecular weight excluding hydrogens is 248 g/mol. The average molecular weight is 262 g/mol. The maximum Gasteiger partial charge on any atom is 0.148 e. The van der Waals surface area contributed by atoms with E-state index in [9.17, 15) is 0 Å². The summed E-state index contributed by atoms with van der Waals surface area (Å²) in [5, 5.41) is 12.0. The molecule has 0 radical (unpaired) electrons. The lowest BCUT2D eigenvalue weighted by Crippen LogP contribution is -2.03. The number of nitriles is 1. The highest BCUT2D eigenvalue weighted by Crippen LogP contribution is 2.19. The maximum absolute atomic E-state index is 8.75. The molecule has 3 nitrogen and oxygen atoms in total. The maximum atomic E-state index is 8.75. The van der Waals surface area contributed by atoms with E-state index in [-0.39, 0.29) is 6.61 Å². The highest BCUT2D eigenvalue weighted by Gasteiger charge is 2.02.